The molecular formula is C16H18O9. The van der Waals surface area contributed by atoms with Gasteiger partial charge in [0, 0.05) is 18.9 Å². The van der Waals surface area contributed by atoms with Gasteiger partial charge < -0.3 is 35.4 Å². The van der Waals surface area contributed by atoms with Gasteiger partial charge in [-0.25, -0.2) is 9.59 Å². The van der Waals surface area contributed by atoms with Gasteiger partial charge in [0.25, 0.3) is 0 Å². The minimum atomic E-state index is -2.31. The van der Waals surface area contributed by atoms with E-state index in [1.165, 1.54) is 24.3 Å². The summed E-state index contributed by atoms with van der Waals surface area (Å²) in [6.07, 6.45) is -3.44. The Kier molecular flexibility index (Phi) is 5.31. The van der Waals surface area contributed by atoms with Crippen molar-refractivity contribution in [2.24, 2.45) is 0 Å². The fourth-order valence-electron chi connectivity index (χ4n) is 2.53. The van der Waals surface area contributed by atoms with E-state index in [0.717, 1.165) is 6.08 Å². The SMILES string of the molecule is O=C(C=Cc1ccc(O)c(O)c1)O[C@@H]1CC(O)(C(=O)O)C[C@H](O)C1O. The van der Waals surface area contributed by atoms with E-state index in [0.29, 0.717) is 5.56 Å². The monoisotopic (exact) mass is 354 g/mol. The van der Waals surface area contributed by atoms with Crippen molar-refractivity contribution in [3.05, 3.63) is 29.8 Å². The van der Waals surface area contributed by atoms with Crippen molar-refractivity contribution in [1.82, 2.24) is 0 Å². The molecule has 0 amide bonds. The number of ether oxygens (including phenoxy) is 1. The highest BCUT2D eigenvalue weighted by Gasteiger charge is 2.50. The van der Waals surface area contributed by atoms with Crippen LogP contribution >= 0.6 is 0 Å². The molecule has 6 N–H and O–H groups in total. The number of hydrogen-bond donors (Lipinski definition) is 6. The summed E-state index contributed by atoms with van der Waals surface area (Å²) in [5, 5.41) is 57.0. The molecule has 2 rings (SSSR count). The lowest BCUT2D eigenvalue weighted by atomic mass is 9.79. The zero-order chi connectivity index (χ0) is 18.8. The zero-order valence-corrected chi connectivity index (χ0v) is 12.9. The quantitative estimate of drug-likeness (QED) is 0.234. The van der Waals surface area contributed by atoms with Gasteiger partial charge in [0.1, 0.15) is 12.2 Å². The van der Waals surface area contributed by atoms with Crippen LogP contribution in [0.5, 0.6) is 11.5 Å². The van der Waals surface area contributed by atoms with E-state index < -0.39 is 48.7 Å². The van der Waals surface area contributed by atoms with E-state index in [-0.39, 0.29) is 11.5 Å². The van der Waals surface area contributed by atoms with Gasteiger partial charge in [0.2, 0.25) is 0 Å². The Bertz CT molecular complexity index is 699. The molecule has 1 saturated carbocycles. The number of rotatable bonds is 4. The molecule has 0 aliphatic heterocycles. The van der Waals surface area contributed by atoms with Crippen LogP contribution in [0.3, 0.4) is 0 Å². The minimum Gasteiger partial charge on any atom is -0.504 e. The topological polar surface area (TPSA) is 165 Å². The van der Waals surface area contributed by atoms with Gasteiger partial charge in [0.15, 0.2) is 17.1 Å². The fraction of sp³-hybridized carbons (Fsp3) is 0.375. The van der Waals surface area contributed by atoms with Crippen molar-refractivity contribution in [3.63, 3.8) is 0 Å². The van der Waals surface area contributed by atoms with E-state index in [9.17, 15) is 35.1 Å². The average molecular weight is 354 g/mol. The number of esters is 1. The Morgan fingerprint density at radius 2 is 1.84 bits per heavy atom. The third-order valence-corrected chi connectivity index (χ3v) is 3.94. The summed E-state index contributed by atoms with van der Waals surface area (Å²) in [5.41, 5.74) is -1.94. The number of aliphatic hydroxyl groups is 3. The first-order chi connectivity index (χ1) is 11.6. The number of carbonyl (C=O) groups is 2. The third kappa shape index (κ3) is 4.27. The highest BCUT2D eigenvalue weighted by Crippen LogP contribution is 2.31. The van der Waals surface area contributed by atoms with E-state index >= 15 is 0 Å². The lowest BCUT2D eigenvalue weighted by molar-refractivity contribution is -0.196. The van der Waals surface area contributed by atoms with Crippen molar-refractivity contribution in [2.75, 3.05) is 0 Å². The van der Waals surface area contributed by atoms with Crippen molar-refractivity contribution >= 4 is 18.0 Å². The minimum absolute atomic E-state index is 0.327. The maximum absolute atomic E-state index is 11.8. The molecule has 9 nitrogen and oxygen atoms in total. The van der Waals surface area contributed by atoms with Crippen LogP contribution in [0.2, 0.25) is 0 Å². The molecule has 0 heterocycles. The summed E-state index contributed by atoms with van der Waals surface area (Å²) in [4.78, 5) is 22.9. The van der Waals surface area contributed by atoms with Gasteiger partial charge in [-0.1, -0.05) is 6.07 Å². The Hall–Kier alpha value is -2.62. The molecule has 1 aliphatic rings. The number of aliphatic hydroxyl groups excluding tert-OH is 2. The Morgan fingerprint density at radius 3 is 2.44 bits per heavy atom. The van der Waals surface area contributed by atoms with Gasteiger partial charge in [-0.15, -0.1) is 0 Å². The number of phenols is 2. The van der Waals surface area contributed by atoms with Crippen molar-refractivity contribution in [1.29, 1.82) is 0 Å². The summed E-state index contributed by atoms with van der Waals surface area (Å²) in [6.45, 7) is 0. The molecule has 25 heavy (non-hydrogen) atoms. The van der Waals surface area contributed by atoms with Crippen LogP contribution in [-0.2, 0) is 14.3 Å². The number of phenolic OH excluding ortho intramolecular Hbond substituents is 2. The second kappa shape index (κ2) is 7.09. The molecule has 1 aromatic rings. The van der Waals surface area contributed by atoms with Gasteiger partial charge in [0.05, 0.1) is 6.10 Å². The molecule has 136 valence electrons. The van der Waals surface area contributed by atoms with Crippen LogP contribution in [0, 0.1) is 0 Å². The summed E-state index contributed by atoms with van der Waals surface area (Å²) in [6, 6.07) is 3.83. The molecule has 0 saturated heterocycles. The molecule has 9 heteroatoms. The maximum atomic E-state index is 11.8. The molecule has 1 aromatic carbocycles. The largest absolute Gasteiger partial charge is 0.504 e. The van der Waals surface area contributed by atoms with Crippen LogP contribution in [-0.4, -0.2) is 66.5 Å². The molecule has 0 aromatic heterocycles. The van der Waals surface area contributed by atoms with Crippen LogP contribution in [0.25, 0.3) is 6.08 Å². The van der Waals surface area contributed by atoms with Crippen LogP contribution < -0.4 is 0 Å². The standard InChI is InChI=1S/C16H18O9/c17-9-3-1-8(5-10(9)18)2-4-13(20)25-12-7-16(24,15(22)23)6-11(19)14(12)21/h1-5,11-12,14,17-19,21,24H,6-7H2,(H,22,23)/t11-,12+,14?,16?/m0/s1. The number of hydrogen-bond acceptors (Lipinski definition) is 8. The van der Waals surface area contributed by atoms with Crippen molar-refractivity contribution < 1.29 is 45.0 Å². The number of carbonyl (C=O) groups excluding carboxylic acids is 1. The van der Waals surface area contributed by atoms with Crippen LogP contribution in [0.4, 0.5) is 0 Å². The van der Waals surface area contributed by atoms with Gasteiger partial charge in [-0.3, -0.25) is 0 Å². The number of aromatic hydroxyl groups is 2. The Labute approximate surface area is 142 Å². The van der Waals surface area contributed by atoms with E-state index in [1.807, 2.05) is 0 Å². The average Bonchev–Trinajstić information content (AvgIpc) is 2.53. The van der Waals surface area contributed by atoms with Crippen molar-refractivity contribution in [2.45, 2.75) is 36.8 Å². The predicted octanol–water partition coefficient (Wildman–Crippen LogP) is -0.646. The Morgan fingerprint density at radius 1 is 1.16 bits per heavy atom. The molecule has 4 atom stereocenters. The second-order valence-corrected chi connectivity index (χ2v) is 5.86. The first-order valence-corrected chi connectivity index (χ1v) is 7.35. The summed E-state index contributed by atoms with van der Waals surface area (Å²) in [7, 11) is 0. The molecule has 0 bridgehead atoms. The zero-order valence-electron chi connectivity index (χ0n) is 12.9. The normalized spacial score (nSPS) is 29.5. The number of aliphatic carboxylic acids is 1. The number of carboxylic acids is 1. The predicted molar refractivity (Wildman–Crippen MR) is 82.5 cm³/mol. The third-order valence-electron chi connectivity index (χ3n) is 3.94. The van der Waals surface area contributed by atoms with Crippen LogP contribution in [0.15, 0.2) is 24.3 Å². The van der Waals surface area contributed by atoms with Gasteiger partial charge in [-0.05, 0) is 23.8 Å². The second-order valence-electron chi connectivity index (χ2n) is 5.86. The van der Waals surface area contributed by atoms with Crippen molar-refractivity contribution in [3.8, 4) is 11.5 Å². The summed E-state index contributed by atoms with van der Waals surface area (Å²) < 4.78 is 4.92. The first-order valence-electron chi connectivity index (χ1n) is 7.35. The number of benzene rings is 1. The van der Waals surface area contributed by atoms with Crippen LogP contribution in [0.1, 0.15) is 18.4 Å². The van der Waals surface area contributed by atoms with Gasteiger partial charge >= 0.3 is 11.9 Å². The lowest BCUT2D eigenvalue weighted by Gasteiger charge is -2.39. The lowest BCUT2D eigenvalue weighted by Crippen LogP contribution is -2.57. The molecule has 1 fully saturated rings. The smallest absolute Gasteiger partial charge is 0.335 e. The molecule has 1 aliphatic carbocycles. The fourth-order valence-corrected chi connectivity index (χ4v) is 2.53. The first kappa shape index (κ1) is 18.7. The summed E-state index contributed by atoms with van der Waals surface area (Å²) in [5.74, 6) is -3.24. The highest BCUT2D eigenvalue weighted by molar-refractivity contribution is 5.87. The molecule has 0 radical (unpaired) electrons. The van der Waals surface area contributed by atoms with E-state index in [2.05, 4.69) is 0 Å². The highest BCUT2D eigenvalue weighted by atomic mass is 16.6. The molecule has 0 spiro atoms. The number of carboxylic acid groups (broad SMARTS) is 1. The molecular weight excluding hydrogens is 336 g/mol. The van der Waals surface area contributed by atoms with E-state index in [4.69, 9.17) is 9.84 Å². The van der Waals surface area contributed by atoms with E-state index in [1.54, 1.807) is 0 Å². The maximum Gasteiger partial charge on any atom is 0.335 e. The summed E-state index contributed by atoms with van der Waals surface area (Å²) >= 11 is 0. The van der Waals surface area contributed by atoms with Gasteiger partial charge in [-0.2, -0.15) is 0 Å². The molecule has 2 unspecified atom stereocenters. The Balaban J connectivity index is 2.06.